The van der Waals surface area contributed by atoms with Crippen LogP contribution < -0.4 is 0 Å². The molecular formula is C13H21N3O5. The van der Waals surface area contributed by atoms with Gasteiger partial charge in [0.25, 0.3) is 0 Å². The minimum absolute atomic E-state index is 0.0295. The predicted octanol–water partition coefficient (Wildman–Crippen LogP) is -0.506. The third kappa shape index (κ3) is 4.32. The molecule has 0 saturated carbocycles. The molecule has 0 aromatic heterocycles. The number of hydrogen-bond donors (Lipinski definition) is 0. The lowest BCUT2D eigenvalue weighted by molar-refractivity contribution is -0.145. The number of rotatable bonds is 6. The lowest BCUT2D eigenvalue weighted by Gasteiger charge is -2.35. The molecule has 0 atom stereocenters. The summed E-state index contributed by atoms with van der Waals surface area (Å²) in [6, 6.07) is 0. The Bertz CT molecular complexity index is 415. The number of ether oxygens (including phenoxy) is 2. The molecule has 0 aromatic carbocycles. The lowest BCUT2D eigenvalue weighted by atomic mass is 10.3. The van der Waals surface area contributed by atoms with E-state index >= 15 is 0 Å². The van der Waals surface area contributed by atoms with E-state index in [0.717, 1.165) is 0 Å². The maximum atomic E-state index is 12.0. The van der Waals surface area contributed by atoms with Gasteiger partial charge in [-0.25, -0.2) is 4.79 Å². The number of hydrogen-bond acceptors (Lipinski definition) is 6. The van der Waals surface area contributed by atoms with Crippen molar-refractivity contribution in [3.05, 3.63) is 0 Å². The van der Waals surface area contributed by atoms with Crippen LogP contribution in [0.3, 0.4) is 0 Å². The van der Waals surface area contributed by atoms with E-state index in [1.54, 1.807) is 16.7 Å². The highest BCUT2D eigenvalue weighted by Crippen LogP contribution is 2.09. The average molecular weight is 299 g/mol. The maximum absolute atomic E-state index is 12.0. The molecule has 0 spiro atoms. The average Bonchev–Trinajstić information content (AvgIpc) is 2.84. The number of esters is 1. The summed E-state index contributed by atoms with van der Waals surface area (Å²) in [7, 11) is 0. The highest BCUT2D eigenvalue weighted by Gasteiger charge is 2.29. The van der Waals surface area contributed by atoms with Crippen molar-refractivity contribution < 1.29 is 23.9 Å². The summed E-state index contributed by atoms with van der Waals surface area (Å²) in [6.07, 6.45) is -0.106. The highest BCUT2D eigenvalue weighted by atomic mass is 16.6. The van der Waals surface area contributed by atoms with Crippen LogP contribution in [0, 0.1) is 0 Å². The summed E-state index contributed by atoms with van der Waals surface area (Å²) in [6.45, 7) is 5.37. The second-order valence-electron chi connectivity index (χ2n) is 5.01. The third-order valence-corrected chi connectivity index (χ3v) is 3.50. The van der Waals surface area contributed by atoms with Gasteiger partial charge < -0.3 is 14.4 Å². The molecule has 118 valence electrons. The van der Waals surface area contributed by atoms with E-state index in [9.17, 15) is 14.4 Å². The SMILES string of the molecule is CCOC(=O)CCN1CCN(CN2CCOC2=O)CC1=O. The van der Waals surface area contributed by atoms with E-state index < -0.39 is 0 Å². The van der Waals surface area contributed by atoms with Crippen molar-refractivity contribution in [3.63, 3.8) is 0 Å². The van der Waals surface area contributed by atoms with Gasteiger partial charge in [0.05, 0.1) is 32.8 Å². The number of carbonyl (C=O) groups is 3. The Kier molecular flexibility index (Phi) is 5.38. The quantitative estimate of drug-likeness (QED) is 0.615. The standard InChI is InChI=1S/C13H21N3O5/c1-2-20-12(18)3-4-15-6-5-14(9-11(15)17)10-16-7-8-21-13(16)19/h2-10H2,1H3. The van der Waals surface area contributed by atoms with E-state index in [0.29, 0.717) is 46.1 Å². The number of amides is 2. The van der Waals surface area contributed by atoms with E-state index in [4.69, 9.17) is 9.47 Å². The molecule has 0 bridgehead atoms. The third-order valence-electron chi connectivity index (χ3n) is 3.50. The van der Waals surface area contributed by atoms with Crippen molar-refractivity contribution in [3.8, 4) is 0 Å². The molecule has 21 heavy (non-hydrogen) atoms. The molecule has 2 saturated heterocycles. The molecule has 0 unspecified atom stereocenters. The van der Waals surface area contributed by atoms with E-state index in [1.807, 2.05) is 4.90 Å². The Morgan fingerprint density at radius 3 is 2.67 bits per heavy atom. The molecule has 2 rings (SSSR count). The lowest BCUT2D eigenvalue weighted by Crippen LogP contribution is -2.53. The van der Waals surface area contributed by atoms with Crippen LogP contribution in [-0.2, 0) is 19.1 Å². The fourth-order valence-corrected chi connectivity index (χ4v) is 2.37. The monoisotopic (exact) mass is 299 g/mol. The number of carbonyl (C=O) groups excluding carboxylic acids is 3. The zero-order valence-electron chi connectivity index (χ0n) is 12.2. The summed E-state index contributed by atoms with van der Waals surface area (Å²) in [5, 5.41) is 0. The van der Waals surface area contributed by atoms with Crippen molar-refractivity contribution in [1.29, 1.82) is 0 Å². The molecular weight excluding hydrogens is 278 g/mol. The first-order chi connectivity index (χ1) is 10.1. The smallest absolute Gasteiger partial charge is 0.410 e. The van der Waals surface area contributed by atoms with Crippen LogP contribution in [0.15, 0.2) is 0 Å². The van der Waals surface area contributed by atoms with Crippen molar-refractivity contribution >= 4 is 18.0 Å². The van der Waals surface area contributed by atoms with Gasteiger partial charge in [0.1, 0.15) is 6.61 Å². The molecule has 2 heterocycles. The summed E-state index contributed by atoms with van der Waals surface area (Å²) in [5.41, 5.74) is 0. The molecule has 0 radical (unpaired) electrons. The van der Waals surface area contributed by atoms with Crippen LogP contribution >= 0.6 is 0 Å². The molecule has 8 heteroatoms. The van der Waals surface area contributed by atoms with Crippen LogP contribution in [-0.4, -0.2) is 85.3 Å². The molecule has 0 aromatic rings. The fourth-order valence-electron chi connectivity index (χ4n) is 2.37. The van der Waals surface area contributed by atoms with Gasteiger partial charge in [-0.1, -0.05) is 0 Å². The Balaban J connectivity index is 1.73. The van der Waals surface area contributed by atoms with Gasteiger partial charge in [-0.3, -0.25) is 19.4 Å². The molecule has 0 aliphatic carbocycles. The van der Waals surface area contributed by atoms with Gasteiger partial charge in [-0.05, 0) is 6.92 Å². The fraction of sp³-hybridized carbons (Fsp3) is 0.769. The van der Waals surface area contributed by atoms with Crippen LogP contribution in [0.5, 0.6) is 0 Å². The molecule has 2 fully saturated rings. The summed E-state index contributed by atoms with van der Waals surface area (Å²) in [4.78, 5) is 39.8. The largest absolute Gasteiger partial charge is 0.466 e. The minimum atomic E-state index is -0.327. The van der Waals surface area contributed by atoms with Crippen molar-refractivity contribution in [2.45, 2.75) is 13.3 Å². The molecule has 8 nitrogen and oxygen atoms in total. The first kappa shape index (κ1) is 15.6. The first-order valence-corrected chi connectivity index (χ1v) is 7.17. The Morgan fingerprint density at radius 1 is 1.24 bits per heavy atom. The topological polar surface area (TPSA) is 79.4 Å². The minimum Gasteiger partial charge on any atom is -0.466 e. The Labute approximate surface area is 123 Å². The van der Waals surface area contributed by atoms with Crippen LogP contribution in [0.4, 0.5) is 4.79 Å². The maximum Gasteiger partial charge on any atom is 0.410 e. The number of nitrogens with zero attached hydrogens (tertiary/aromatic N) is 3. The van der Waals surface area contributed by atoms with Crippen LogP contribution in [0.1, 0.15) is 13.3 Å². The van der Waals surface area contributed by atoms with E-state index in [1.165, 1.54) is 0 Å². The van der Waals surface area contributed by atoms with Crippen molar-refractivity contribution in [2.75, 3.05) is 52.6 Å². The normalized spacial score (nSPS) is 19.9. The molecule has 2 aliphatic rings. The van der Waals surface area contributed by atoms with Crippen LogP contribution in [0.2, 0.25) is 0 Å². The van der Waals surface area contributed by atoms with Gasteiger partial charge >= 0.3 is 12.1 Å². The molecule has 2 aliphatic heterocycles. The summed E-state index contributed by atoms with van der Waals surface area (Å²) >= 11 is 0. The van der Waals surface area contributed by atoms with Crippen molar-refractivity contribution in [2.24, 2.45) is 0 Å². The van der Waals surface area contributed by atoms with Gasteiger partial charge in [0, 0.05) is 19.6 Å². The van der Waals surface area contributed by atoms with E-state index in [2.05, 4.69) is 0 Å². The number of cyclic esters (lactones) is 1. The van der Waals surface area contributed by atoms with Gasteiger partial charge in [0.2, 0.25) is 5.91 Å². The first-order valence-electron chi connectivity index (χ1n) is 7.17. The zero-order chi connectivity index (χ0) is 15.2. The van der Waals surface area contributed by atoms with Gasteiger partial charge in [-0.2, -0.15) is 0 Å². The summed E-state index contributed by atoms with van der Waals surface area (Å²) in [5.74, 6) is -0.314. The second kappa shape index (κ2) is 7.26. The number of piperazine rings is 1. The van der Waals surface area contributed by atoms with Crippen LogP contribution in [0.25, 0.3) is 0 Å². The second-order valence-corrected chi connectivity index (χ2v) is 5.01. The molecule has 2 amide bonds. The van der Waals surface area contributed by atoms with Gasteiger partial charge in [0.15, 0.2) is 0 Å². The Hall–Kier alpha value is -1.83. The van der Waals surface area contributed by atoms with Crippen molar-refractivity contribution in [1.82, 2.24) is 14.7 Å². The van der Waals surface area contributed by atoms with E-state index in [-0.39, 0.29) is 30.9 Å². The zero-order valence-corrected chi connectivity index (χ0v) is 12.2. The predicted molar refractivity (Wildman–Crippen MR) is 72.3 cm³/mol. The highest BCUT2D eigenvalue weighted by molar-refractivity contribution is 5.80. The Morgan fingerprint density at radius 2 is 2.05 bits per heavy atom. The summed E-state index contributed by atoms with van der Waals surface area (Å²) < 4.78 is 9.70. The van der Waals surface area contributed by atoms with Gasteiger partial charge in [-0.15, -0.1) is 0 Å². The molecule has 0 N–H and O–H groups in total.